The zero-order valence-electron chi connectivity index (χ0n) is 14.3. The normalized spacial score (nSPS) is 17.7. The largest absolute Gasteiger partial charge is 0.355 e. The number of aromatic nitrogens is 1. The number of hydrogen-bond acceptors (Lipinski definition) is 4. The van der Waals surface area contributed by atoms with Gasteiger partial charge in [0.1, 0.15) is 5.01 Å². The van der Waals surface area contributed by atoms with Crippen molar-refractivity contribution in [1.29, 1.82) is 0 Å². The number of piperidine rings is 1. The quantitative estimate of drug-likeness (QED) is 0.644. The Bertz CT molecular complexity index is 469. The first kappa shape index (κ1) is 17.2. The smallest absolute Gasteiger partial charge is 0.191 e. The molecule has 0 amide bonds. The van der Waals surface area contributed by atoms with Crippen molar-refractivity contribution in [3.05, 3.63) is 15.6 Å². The van der Waals surface area contributed by atoms with Gasteiger partial charge >= 0.3 is 0 Å². The van der Waals surface area contributed by atoms with Crippen molar-refractivity contribution in [2.24, 2.45) is 10.9 Å². The van der Waals surface area contributed by atoms with E-state index >= 15 is 0 Å². The first-order valence-corrected chi connectivity index (χ1v) is 9.00. The van der Waals surface area contributed by atoms with Crippen molar-refractivity contribution in [1.82, 2.24) is 20.5 Å². The van der Waals surface area contributed by atoms with Crippen LogP contribution in [0.2, 0.25) is 0 Å². The topological polar surface area (TPSA) is 52.6 Å². The van der Waals surface area contributed by atoms with Gasteiger partial charge in [0.05, 0.1) is 12.2 Å². The van der Waals surface area contributed by atoms with E-state index in [9.17, 15) is 0 Å². The molecule has 0 radical (unpaired) electrons. The van der Waals surface area contributed by atoms with E-state index < -0.39 is 0 Å². The van der Waals surface area contributed by atoms with E-state index in [2.05, 4.69) is 46.3 Å². The van der Waals surface area contributed by atoms with E-state index in [1.54, 1.807) is 11.3 Å². The molecule has 1 aliphatic heterocycles. The van der Waals surface area contributed by atoms with E-state index in [0.29, 0.717) is 0 Å². The summed E-state index contributed by atoms with van der Waals surface area (Å²) in [6, 6.07) is 0. The lowest BCUT2D eigenvalue weighted by Crippen LogP contribution is -2.43. The van der Waals surface area contributed by atoms with Gasteiger partial charge in [0, 0.05) is 25.0 Å². The number of likely N-dealkylation sites (tertiary alicyclic amines) is 1. The van der Waals surface area contributed by atoms with Crippen molar-refractivity contribution >= 4 is 17.3 Å². The van der Waals surface area contributed by atoms with Gasteiger partial charge in [-0.25, -0.2) is 4.98 Å². The Labute approximate surface area is 138 Å². The number of hydrogen-bond donors (Lipinski definition) is 2. The second kappa shape index (κ2) is 8.48. The van der Waals surface area contributed by atoms with Gasteiger partial charge < -0.3 is 15.5 Å². The SMILES string of the molecule is CN=C(NCCN1CCC(C)CC1)NCc1nc(C)c(C)s1. The highest BCUT2D eigenvalue weighted by Crippen LogP contribution is 2.16. The molecular weight excluding hydrogens is 294 g/mol. The van der Waals surface area contributed by atoms with Crippen molar-refractivity contribution in [3.63, 3.8) is 0 Å². The fourth-order valence-corrected chi connectivity index (χ4v) is 3.49. The highest BCUT2D eigenvalue weighted by atomic mass is 32.1. The van der Waals surface area contributed by atoms with E-state index in [-0.39, 0.29) is 0 Å². The molecule has 1 aromatic heterocycles. The molecular formula is C16H29N5S. The summed E-state index contributed by atoms with van der Waals surface area (Å²) in [5.74, 6) is 1.75. The number of aliphatic imine (C=N–C) groups is 1. The fourth-order valence-electron chi connectivity index (χ4n) is 2.61. The Morgan fingerprint density at radius 3 is 2.64 bits per heavy atom. The fraction of sp³-hybridized carbons (Fsp3) is 0.750. The molecule has 6 heteroatoms. The molecule has 2 rings (SSSR count). The van der Waals surface area contributed by atoms with Crippen molar-refractivity contribution < 1.29 is 0 Å². The molecule has 0 atom stereocenters. The second-order valence-electron chi connectivity index (χ2n) is 6.13. The number of nitrogens with one attached hydrogen (secondary N) is 2. The van der Waals surface area contributed by atoms with E-state index in [1.165, 1.54) is 30.8 Å². The zero-order valence-corrected chi connectivity index (χ0v) is 15.1. The van der Waals surface area contributed by atoms with Crippen molar-refractivity contribution in [3.8, 4) is 0 Å². The molecule has 0 spiro atoms. The Kier molecular flexibility index (Phi) is 6.64. The number of thiazole rings is 1. The first-order chi connectivity index (χ1) is 10.6. The molecule has 0 aromatic carbocycles. The van der Waals surface area contributed by atoms with Crippen LogP contribution in [0.1, 0.15) is 35.3 Å². The average molecular weight is 324 g/mol. The van der Waals surface area contributed by atoms with Crippen LogP contribution >= 0.6 is 11.3 Å². The Balaban J connectivity index is 1.67. The van der Waals surface area contributed by atoms with Gasteiger partial charge in [-0.15, -0.1) is 11.3 Å². The minimum atomic E-state index is 0.736. The summed E-state index contributed by atoms with van der Waals surface area (Å²) in [6.45, 7) is 11.7. The van der Waals surface area contributed by atoms with Crippen LogP contribution in [0.25, 0.3) is 0 Å². The molecule has 0 unspecified atom stereocenters. The third kappa shape index (κ3) is 5.25. The maximum atomic E-state index is 4.54. The number of rotatable bonds is 5. The maximum absolute atomic E-state index is 4.54. The van der Waals surface area contributed by atoms with Crippen LogP contribution < -0.4 is 10.6 Å². The van der Waals surface area contributed by atoms with Crippen molar-refractivity contribution in [2.45, 2.75) is 40.2 Å². The monoisotopic (exact) mass is 323 g/mol. The van der Waals surface area contributed by atoms with Gasteiger partial charge in [-0.3, -0.25) is 4.99 Å². The average Bonchev–Trinajstić information content (AvgIpc) is 2.83. The molecule has 1 saturated heterocycles. The molecule has 0 aliphatic carbocycles. The van der Waals surface area contributed by atoms with Gasteiger partial charge in [0.2, 0.25) is 0 Å². The minimum Gasteiger partial charge on any atom is -0.355 e. The van der Waals surface area contributed by atoms with Crippen LogP contribution in [-0.2, 0) is 6.54 Å². The lowest BCUT2D eigenvalue weighted by Gasteiger charge is -2.30. The standard InChI is InChI=1S/C16H29N5S/c1-12-5-8-21(9-6-12)10-7-18-16(17-4)19-11-15-20-13(2)14(3)22-15/h12H,5-11H2,1-4H3,(H2,17,18,19). The third-order valence-corrected chi connectivity index (χ3v) is 5.37. The highest BCUT2D eigenvalue weighted by molar-refractivity contribution is 7.11. The summed E-state index contributed by atoms with van der Waals surface area (Å²) in [4.78, 5) is 12.6. The molecule has 1 aromatic rings. The van der Waals surface area contributed by atoms with Crippen LogP contribution in [0.3, 0.4) is 0 Å². The van der Waals surface area contributed by atoms with E-state index in [0.717, 1.165) is 42.2 Å². The molecule has 5 nitrogen and oxygen atoms in total. The van der Waals surface area contributed by atoms with E-state index in [4.69, 9.17) is 0 Å². The zero-order chi connectivity index (χ0) is 15.9. The lowest BCUT2D eigenvalue weighted by atomic mass is 9.99. The Hall–Kier alpha value is -1.14. The molecule has 2 N–H and O–H groups in total. The van der Waals surface area contributed by atoms with E-state index in [1.807, 2.05) is 7.05 Å². The Morgan fingerprint density at radius 1 is 1.32 bits per heavy atom. The molecule has 1 fully saturated rings. The number of nitrogens with zero attached hydrogens (tertiary/aromatic N) is 3. The van der Waals surface area contributed by atoms with Crippen LogP contribution in [0.5, 0.6) is 0 Å². The minimum absolute atomic E-state index is 0.736. The second-order valence-corrected chi connectivity index (χ2v) is 7.41. The summed E-state index contributed by atoms with van der Waals surface area (Å²) in [5, 5.41) is 7.85. The molecule has 22 heavy (non-hydrogen) atoms. The van der Waals surface area contributed by atoms with Crippen LogP contribution in [0, 0.1) is 19.8 Å². The van der Waals surface area contributed by atoms with Gasteiger partial charge in [-0.05, 0) is 45.7 Å². The maximum Gasteiger partial charge on any atom is 0.191 e. The lowest BCUT2D eigenvalue weighted by molar-refractivity contribution is 0.195. The highest BCUT2D eigenvalue weighted by Gasteiger charge is 2.15. The summed E-state index contributed by atoms with van der Waals surface area (Å²) in [7, 11) is 1.82. The number of guanidine groups is 1. The summed E-state index contributed by atoms with van der Waals surface area (Å²) in [6.07, 6.45) is 2.66. The summed E-state index contributed by atoms with van der Waals surface area (Å²) in [5.41, 5.74) is 1.13. The Morgan fingerprint density at radius 2 is 2.05 bits per heavy atom. The van der Waals surface area contributed by atoms with Crippen LogP contribution in [0.4, 0.5) is 0 Å². The molecule has 2 heterocycles. The third-order valence-electron chi connectivity index (χ3n) is 4.30. The van der Waals surface area contributed by atoms with Crippen LogP contribution in [-0.4, -0.2) is 49.1 Å². The molecule has 1 aliphatic rings. The number of aryl methyl sites for hydroxylation is 2. The van der Waals surface area contributed by atoms with Crippen LogP contribution in [0.15, 0.2) is 4.99 Å². The molecule has 0 bridgehead atoms. The van der Waals surface area contributed by atoms with Gasteiger partial charge in [-0.2, -0.15) is 0 Å². The van der Waals surface area contributed by atoms with Gasteiger partial charge in [-0.1, -0.05) is 6.92 Å². The first-order valence-electron chi connectivity index (χ1n) is 8.18. The predicted molar refractivity (Wildman–Crippen MR) is 94.6 cm³/mol. The summed E-state index contributed by atoms with van der Waals surface area (Å²) < 4.78 is 0. The summed E-state index contributed by atoms with van der Waals surface area (Å²) >= 11 is 1.75. The predicted octanol–water partition coefficient (Wildman–Crippen LogP) is 2.16. The van der Waals surface area contributed by atoms with Crippen molar-refractivity contribution in [2.75, 3.05) is 33.2 Å². The molecule has 0 saturated carbocycles. The molecule has 124 valence electrons. The van der Waals surface area contributed by atoms with Gasteiger partial charge in [0.15, 0.2) is 5.96 Å². The van der Waals surface area contributed by atoms with Gasteiger partial charge in [0.25, 0.3) is 0 Å².